The fourth-order valence-electron chi connectivity index (χ4n) is 2.80. The van der Waals surface area contributed by atoms with Crippen molar-refractivity contribution in [2.45, 2.75) is 19.5 Å². The van der Waals surface area contributed by atoms with Crippen molar-refractivity contribution in [2.24, 2.45) is 0 Å². The van der Waals surface area contributed by atoms with Crippen molar-refractivity contribution in [3.8, 4) is 11.5 Å². The van der Waals surface area contributed by atoms with Crippen LogP contribution in [-0.4, -0.2) is 27.5 Å². The highest BCUT2D eigenvalue weighted by molar-refractivity contribution is 9.10. The van der Waals surface area contributed by atoms with E-state index in [4.69, 9.17) is 4.74 Å². The van der Waals surface area contributed by atoms with Gasteiger partial charge in [-0.25, -0.2) is 0 Å². The second-order valence-corrected chi connectivity index (χ2v) is 8.41. The maximum atomic E-state index is 12.9. The van der Waals surface area contributed by atoms with Gasteiger partial charge in [0.05, 0.1) is 19.9 Å². The molecule has 1 saturated heterocycles. The molecule has 0 atom stereocenters. The van der Waals surface area contributed by atoms with Crippen LogP contribution >= 0.6 is 27.7 Å². The maximum Gasteiger partial charge on any atom is 0.416 e. The zero-order valence-electron chi connectivity index (χ0n) is 16.3. The Bertz CT molecular complexity index is 1140. The van der Waals surface area contributed by atoms with E-state index in [0.717, 1.165) is 22.7 Å². The lowest BCUT2D eigenvalue weighted by atomic mass is 10.1. The summed E-state index contributed by atoms with van der Waals surface area (Å²) in [5, 5.41) is 10.9. The Labute approximate surface area is 192 Å². The Balaban J connectivity index is 1.86. The van der Waals surface area contributed by atoms with Gasteiger partial charge in [-0.15, -0.1) is 0 Å². The van der Waals surface area contributed by atoms with Gasteiger partial charge in [-0.05, 0) is 70.0 Å². The number of carbonyl (C=O) groups excluding carboxylic acids is 2. The number of nitro groups is 1. The highest BCUT2D eigenvalue weighted by atomic mass is 79.9. The van der Waals surface area contributed by atoms with Crippen molar-refractivity contribution in [3.63, 3.8) is 0 Å². The Hall–Kier alpha value is -2.86. The first kappa shape index (κ1) is 23.8. The van der Waals surface area contributed by atoms with Crippen LogP contribution < -0.4 is 4.74 Å². The van der Waals surface area contributed by atoms with Gasteiger partial charge in [-0.2, -0.15) is 13.2 Å². The van der Waals surface area contributed by atoms with Crippen LogP contribution in [0.1, 0.15) is 24.5 Å². The zero-order chi connectivity index (χ0) is 23.6. The molecular weight excluding hydrogens is 517 g/mol. The van der Waals surface area contributed by atoms with Gasteiger partial charge < -0.3 is 4.74 Å². The SMILES string of the molecule is CCCN1C(=O)S/C(=C/c2ccc(Oc3ccc(C(F)(F)F)cc3[N+](=O)[O-])c(Br)c2)C1=O. The Kier molecular flexibility index (Phi) is 6.94. The predicted molar refractivity (Wildman–Crippen MR) is 115 cm³/mol. The number of thioether (sulfide) groups is 1. The lowest BCUT2D eigenvalue weighted by Crippen LogP contribution is -2.28. The highest BCUT2D eigenvalue weighted by Crippen LogP contribution is 2.40. The number of imide groups is 1. The second kappa shape index (κ2) is 9.33. The average Bonchev–Trinajstić information content (AvgIpc) is 2.97. The topological polar surface area (TPSA) is 89.8 Å². The van der Waals surface area contributed by atoms with Gasteiger partial charge in [0, 0.05) is 12.6 Å². The monoisotopic (exact) mass is 530 g/mol. The quantitative estimate of drug-likeness (QED) is 0.237. The summed E-state index contributed by atoms with van der Waals surface area (Å²) in [5.41, 5.74) is -1.45. The zero-order valence-corrected chi connectivity index (χ0v) is 18.7. The van der Waals surface area contributed by atoms with Crippen molar-refractivity contribution in [1.29, 1.82) is 0 Å². The van der Waals surface area contributed by atoms with Crippen molar-refractivity contribution in [3.05, 3.63) is 67.0 Å². The molecule has 2 aromatic carbocycles. The Morgan fingerprint density at radius 3 is 2.47 bits per heavy atom. The van der Waals surface area contributed by atoms with Crippen LogP contribution in [0.25, 0.3) is 6.08 Å². The van der Waals surface area contributed by atoms with Crippen LogP contribution in [0.4, 0.5) is 23.7 Å². The number of nitro benzene ring substituents is 1. The molecule has 0 aromatic heterocycles. The van der Waals surface area contributed by atoms with E-state index in [0.29, 0.717) is 35.1 Å². The normalized spacial score (nSPS) is 15.5. The van der Waals surface area contributed by atoms with Gasteiger partial charge in [0.1, 0.15) is 5.75 Å². The number of nitrogens with zero attached hydrogens (tertiary/aromatic N) is 2. The third-order valence-corrected chi connectivity index (χ3v) is 5.80. The maximum absolute atomic E-state index is 12.9. The molecule has 0 saturated carbocycles. The van der Waals surface area contributed by atoms with E-state index in [1.54, 1.807) is 12.1 Å². The molecule has 2 aromatic rings. The summed E-state index contributed by atoms with van der Waals surface area (Å²) < 4.78 is 44.4. The number of alkyl halides is 3. The van der Waals surface area contributed by atoms with Crippen molar-refractivity contribution < 1.29 is 32.4 Å². The van der Waals surface area contributed by atoms with Crippen molar-refractivity contribution in [2.75, 3.05) is 6.54 Å². The first-order valence-corrected chi connectivity index (χ1v) is 10.7. The van der Waals surface area contributed by atoms with E-state index in [2.05, 4.69) is 15.9 Å². The first-order valence-electron chi connectivity index (χ1n) is 9.09. The number of rotatable bonds is 6. The molecule has 2 amide bonds. The standard InChI is InChI=1S/C20H14BrF3N2O5S/c1-2-7-25-18(27)17(32-19(25)28)9-11-3-5-15(13(21)8-11)31-16-6-4-12(20(22,23)24)10-14(16)26(29)30/h3-6,8-10H,2,7H2,1H3/b17-9+. The first-order chi connectivity index (χ1) is 15.0. The largest absolute Gasteiger partial charge is 0.449 e. The average molecular weight is 531 g/mol. The Morgan fingerprint density at radius 2 is 1.88 bits per heavy atom. The summed E-state index contributed by atoms with van der Waals surface area (Å²) in [4.78, 5) is 36.0. The molecule has 0 spiro atoms. The van der Waals surface area contributed by atoms with E-state index in [1.165, 1.54) is 12.1 Å². The van der Waals surface area contributed by atoms with Gasteiger partial charge in [0.2, 0.25) is 5.75 Å². The molecule has 0 N–H and O–H groups in total. The van der Waals surface area contributed by atoms with Crippen LogP contribution in [0.5, 0.6) is 11.5 Å². The Morgan fingerprint density at radius 1 is 1.19 bits per heavy atom. The minimum absolute atomic E-state index is 0.115. The molecule has 32 heavy (non-hydrogen) atoms. The molecule has 0 aliphatic carbocycles. The van der Waals surface area contributed by atoms with Gasteiger partial charge >= 0.3 is 11.9 Å². The van der Waals surface area contributed by atoms with Gasteiger partial charge in [-0.3, -0.25) is 24.6 Å². The summed E-state index contributed by atoms with van der Waals surface area (Å²) in [6.45, 7) is 2.17. The summed E-state index contributed by atoms with van der Waals surface area (Å²) in [5.74, 6) is -0.639. The molecule has 1 aliphatic rings. The minimum atomic E-state index is -4.73. The molecule has 0 radical (unpaired) electrons. The number of benzene rings is 2. The number of hydrogen-bond acceptors (Lipinski definition) is 6. The van der Waals surface area contributed by atoms with Crippen LogP contribution in [0, 0.1) is 10.1 Å². The third kappa shape index (κ3) is 5.13. The van der Waals surface area contributed by atoms with Crippen molar-refractivity contribution >= 4 is 50.6 Å². The third-order valence-electron chi connectivity index (χ3n) is 4.28. The van der Waals surface area contributed by atoms with E-state index in [1.807, 2.05) is 6.92 Å². The van der Waals surface area contributed by atoms with E-state index in [9.17, 15) is 32.9 Å². The van der Waals surface area contributed by atoms with E-state index >= 15 is 0 Å². The molecule has 0 unspecified atom stereocenters. The molecule has 168 valence electrons. The predicted octanol–water partition coefficient (Wildman–Crippen LogP) is 6.61. The van der Waals surface area contributed by atoms with E-state index in [-0.39, 0.29) is 21.6 Å². The number of amides is 2. The minimum Gasteiger partial charge on any atom is -0.449 e. The fraction of sp³-hybridized carbons (Fsp3) is 0.200. The smallest absolute Gasteiger partial charge is 0.416 e. The summed E-state index contributed by atoms with van der Waals surface area (Å²) in [6.07, 6.45) is -2.57. The number of carbonyl (C=O) groups is 2. The molecule has 0 bridgehead atoms. The summed E-state index contributed by atoms with van der Waals surface area (Å²) in [6, 6.07) is 6.52. The number of hydrogen-bond donors (Lipinski definition) is 0. The molecule has 3 rings (SSSR count). The number of ether oxygens (including phenoxy) is 1. The van der Waals surface area contributed by atoms with Crippen LogP contribution in [0.15, 0.2) is 45.8 Å². The van der Waals surface area contributed by atoms with Gasteiger partial charge in [-0.1, -0.05) is 13.0 Å². The summed E-state index contributed by atoms with van der Waals surface area (Å²) >= 11 is 4.08. The molecule has 12 heteroatoms. The van der Waals surface area contributed by atoms with E-state index < -0.39 is 28.3 Å². The van der Waals surface area contributed by atoms with Crippen LogP contribution in [-0.2, 0) is 11.0 Å². The number of halogens is 4. The van der Waals surface area contributed by atoms with Crippen LogP contribution in [0.2, 0.25) is 0 Å². The van der Waals surface area contributed by atoms with Gasteiger partial charge in [0.25, 0.3) is 11.1 Å². The molecule has 1 fully saturated rings. The molecule has 1 aliphatic heterocycles. The second-order valence-electron chi connectivity index (χ2n) is 6.56. The fourth-order valence-corrected chi connectivity index (χ4v) is 4.14. The lowest BCUT2D eigenvalue weighted by molar-refractivity contribution is -0.385. The van der Waals surface area contributed by atoms with Crippen molar-refractivity contribution in [1.82, 2.24) is 4.90 Å². The summed E-state index contributed by atoms with van der Waals surface area (Å²) in [7, 11) is 0. The van der Waals surface area contributed by atoms with Crippen LogP contribution in [0.3, 0.4) is 0 Å². The lowest BCUT2D eigenvalue weighted by Gasteiger charge is -2.11. The molecule has 1 heterocycles. The highest BCUT2D eigenvalue weighted by Gasteiger charge is 2.35. The molecular formula is C20H14BrF3N2O5S. The van der Waals surface area contributed by atoms with Gasteiger partial charge in [0.15, 0.2) is 0 Å². The molecule has 7 nitrogen and oxygen atoms in total.